The van der Waals surface area contributed by atoms with Crippen LogP contribution in [0.1, 0.15) is 11.1 Å². The van der Waals surface area contributed by atoms with Gasteiger partial charge in [0.05, 0.1) is 0 Å². The lowest BCUT2D eigenvalue weighted by atomic mass is 10.0. The van der Waals surface area contributed by atoms with Crippen molar-refractivity contribution in [3.05, 3.63) is 145 Å². The van der Waals surface area contributed by atoms with Crippen LogP contribution in [-0.2, 0) is 0 Å². The van der Waals surface area contributed by atoms with Crippen LogP contribution in [0.3, 0.4) is 0 Å². The van der Waals surface area contributed by atoms with E-state index in [1.54, 1.807) is 0 Å². The van der Waals surface area contributed by atoms with Crippen molar-refractivity contribution in [2.24, 2.45) is 0 Å². The first-order valence-corrected chi connectivity index (χ1v) is 10.2. The lowest BCUT2D eigenvalue weighted by molar-refractivity contribution is 1.60. The SMILES string of the molecule is C(=CC=Cc1ccc(-c2ccccc2)cc1)C=Cc1ccc(-c2ccccc2)cc1. The summed E-state index contributed by atoms with van der Waals surface area (Å²) in [5.41, 5.74) is 7.36. The average Bonchev–Trinajstić information content (AvgIpc) is 2.83. The van der Waals surface area contributed by atoms with Crippen LogP contribution in [0.2, 0.25) is 0 Å². The molecule has 4 rings (SSSR count). The predicted octanol–water partition coefficient (Wildman–Crippen LogP) is 8.30. The molecule has 0 amide bonds. The van der Waals surface area contributed by atoms with E-state index in [1.807, 2.05) is 12.1 Å². The molecule has 0 saturated heterocycles. The summed E-state index contributed by atoms with van der Waals surface area (Å²) in [5, 5.41) is 0. The molecule has 30 heavy (non-hydrogen) atoms. The van der Waals surface area contributed by atoms with E-state index in [0.717, 1.165) is 0 Å². The summed E-state index contributed by atoms with van der Waals surface area (Å²) in [6, 6.07) is 38.2. The van der Waals surface area contributed by atoms with Gasteiger partial charge in [0.25, 0.3) is 0 Å². The third-order valence-electron chi connectivity index (χ3n) is 4.95. The van der Waals surface area contributed by atoms with Gasteiger partial charge in [-0.2, -0.15) is 0 Å². The molecule has 0 aliphatic rings. The fraction of sp³-hybridized carbons (Fsp3) is 0. The van der Waals surface area contributed by atoms with Gasteiger partial charge in [-0.15, -0.1) is 0 Å². The Morgan fingerprint density at radius 2 is 0.633 bits per heavy atom. The van der Waals surface area contributed by atoms with Gasteiger partial charge in [0.15, 0.2) is 0 Å². The van der Waals surface area contributed by atoms with Gasteiger partial charge in [-0.25, -0.2) is 0 Å². The number of hydrogen-bond donors (Lipinski definition) is 0. The Hall–Kier alpha value is -3.90. The highest BCUT2D eigenvalue weighted by molar-refractivity contribution is 5.67. The van der Waals surface area contributed by atoms with Crippen molar-refractivity contribution < 1.29 is 0 Å². The molecule has 0 bridgehead atoms. The molecule has 0 atom stereocenters. The topological polar surface area (TPSA) is 0 Å². The molecule has 144 valence electrons. The largest absolute Gasteiger partial charge is 0.0622 e. The number of benzene rings is 4. The summed E-state index contributed by atoms with van der Waals surface area (Å²) in [5.74, 6) is 0. The van der Waals surface area contributed by atoms with Gasteiger partial charge in [-0.05, 0) is 33.4 Å². The Kier molecular flexibility index (Phi) is 6.50. The molecule has 0 saturated carbocycles. The highest BCUT2D eigenvalue weighted by Gasteiger charge is 1.96. The Morgan fingerprint density at radius 3 is 1.00 bits per heavy atom. The zero-order valence-electron chi connectivity index (χ0n) is 16.9. The molecule has 0 heterocycles. The molecule has 0 fully saturated rings. The van der Waals surface area contributed by atoms with Gasteiger partial charge in [-0.1, -0.05) is 146 Å². The predicted molar refractivity (Wildman–Crippen MR) is 131 cm³/mol. The second kappa shape index (κ2) is 10.0. The summed E-state index contributed by atoms with van der Waals surface area (Å²) in [6.45, 7) is 0. The van der Waals surface area contributed by atoms with E-state index in [9.17, 15) is 0 Å². The van der Waals surface area contributed by atoms with E-state index < -0.39 is 0 Å². The molecule has 0 aliphatic heterocycles. The standard InChI is InChI=1S/C30H24/c1(5-11-25-17-21-29(22-18-25)27-13-7-3-8-14-27)2-6-12-26-19-23-30(24-20-26)28-15-9-4-10-16-28/h1-24H. The van der Waals surface area contributed by atoms with Crippen molar-refractivity contribution in [2.45, 2.75) is 0 Å². The summed E-state index contributed by atoms with van der Waals surface area (Å²) in [4.78, 5) is 0. The lowest BCUT2D eigenvalue weighted by Gasteiger charge is -2.01. The maximum absolute atomic E-state index is 2.16. The first kappa shape index (κ1) is 19.4. The van der Waals surface area contributed by atoms with Gasteiger partial charge >= 0.3 is 0 Å². The fourth-order valence-electron chi connectivity index (χ4n) is 3.30. The maximum Gasteiger partial charge on any atom is -0.0184 e. The van der Waals surface area contributed by atoms with E-state index in [-0.39, 0.29) is 0 Å². The molecule has 4 aromatic rings. The van der Waals surface area contributed by atoms with E-state index in [2.05, 4.69) is 134 Å². The normalized spacial score (nSPS) is 11.6. The molecular formula is C30H24. The third-order valence-corrected chi connectivity index (χ3v) is 4.95. The Balaban J connectivity index is 1.31. The Morgan fingerprint density at radius 1 is 0.300 bits per heavy atom. The molecule has 0 unspecified atom stereocenters. The Bertz CT molecular complexity index is 1030. The minimum atomic E-state index is 1.19. The van der Waals surface area contributed by atoms with E-state index >= 15 is 0 Å². The van der Waals surface area contributed by atoms with Gasteiger partial charge in [0.1, 0.15) is 0 Å². The van der Waals surface area contributed by atoms with Crippen LogP contribution < -0.4 is 0 Å². The van der Waals surface area contributed by atoms with Crippen LogP contribution in [-0.4, -0.2) is 0 Å². The molecule has 0 N–H and O–H groups in total. The minimum absolute atomic E-state index is 1.19. The van der Waals surface area contributed by atoms with Crippen molar-refractivity contribution in [3.8, 4) is 22.3 Å². The molecule has 0 radical (unpaired) electrons. The highest BCUT2D eigenvalue weighted by Crippen LogP contribution is 2.20. The zero-order valence-corrected chi connectivity index (χ0v) is 16.9. The van der Waals surface area contributed by atoms with Gasteiger partial charge in [0, 0.05) is 0 Å². The summed E-state index contributed by atoms with van der Waals surface area (Å²) in [6.07, 6.45) is 12.5. The van der Waals surface area contributed by atoms with Crippen molar-refractivity contribution >= 4 is 12.2 Å². The van der Waals surface area contributed by atoms with Crippen molar-refractivity contribution in [3.63, 3.8) is 0 Å². The van der Waals surface area contributed by atoms with E-state index in [1.165, 1.54) is 33.4 Å². The third kappa shape index (κ3) is 5.33. The molecule has 0 aliphatic carbocycles. The summed E-state index contributed by atoms with van der Waals surface area (Å²) in [7, 11) is 0. The second-order valence-corrected chi connectivity index (χ2v) is 7.08. The van der Waals surface area contributed by atoms with Gasteiger partial charge in [-0.3, -0.25) is 0 Å². The minimum Gasteiger partial charge on any atom is -0.0622 e. The Labute approximate surface area is 179 Å². The van der Waals surface area contributed by atoms with E-state index in [4.69, 9.17) is 0 Å². The molecular weight excluding hydrogens is 360 g/mol. The number of rotatable bonds is 6. The number of hydrogen-bond acceptors (Lipinski definition) is 0. The summed E-state index contributed by atoms with van der Waals surface area (Å²) >= 11 is 0. The van der Waals surface area contributed by atoms with Crippen molar-refractivity contribution in [1.29, 1.82) is 0 Å². The molecule has 0 aromatic heterocycles. The van der Waals surface area contributed by atoms with Gasteiger partial charge < -0.3 is 0 Å². The molecule has 4 aromatic carbocycles. The quantitative estimate of drug-likeness (QED) is 0.293. The monoisotopic (exact) mass is 384 g/mol. The van der Waals surface area contributed by atoms with Crippen molar-refractivity contribution in [1.82, 2.24) is 0 Å². The molecule has 0 heteroatoms. The second-order valence-electron chi connectivity index (χ2n) is 7.08. The van der Waals surface area contributed by atoms with Crippen LogP contribution in [0.25, 0.3) is 34.4 Å². The van der Waals surface area contributed by atoms with E-state index in [0.29, 0.717) is 0 Å². The smallest absolute Gasteiger partial charge is 0.0184 e. The highest BCUT2D eigenvalue weighted by atomic mass is 14.0. The lowest BCUT2D eigenvalue weighted by Crippen LogP contribution is -1.77. The first-order valence-electron chi connectivity index (χ1n) is 10.2. The average molecular weight is 385 g/mol. The van der Waals surface area contributed by atoms with Crippen LogP contribution in [0.4, 0.5) is 0 Å². The van der Waals surface area contributed by atoms with Gasteiger partial charge in [0.2, 0.25) is 0 Å². The van der Waals surface area contributed by atoms with Crippen molar-refractivity contribution in [2.75, 3.05) is 0 Å². The van der Waals surface area contributed by atoms with Crippen LogP contribution in [0, 0.1) is 0 Å². The molecule has 0 nitrogen and oxygen atoms in total. The van der Waals surface area contributed by atoms with Crippen LogP contribution >= 0.6 is 0 Å². The fourth-order valence-corrected chi connectivity index (χ4v) is 3.30. The number of allylic oxidation sites excluding steroid dienone is 4. The summed E-state index contributed by atoms with van der Waals surface area (Å²) < 4.78 is 0. The zero-order chi connectivity index (χ0) is 20.4. The van der Waals surface area contributed by atoms with Crippen LogP contribution in [0.5, 0.6) is 0 Å². The maximum atomic E-state index is 2.16. The first-order chi connectivity index (χ1) is 14.9. The molecule has 0 spiro atoms. The van der Waals surface area contributed by atoms with Crippen LogP contribution in [0.15, 0.2) is 133 Å².